The molecule has 17 heavy (non-hydrogen) atoms. The molecule has 1 nitrogen and oxygen atoms in total. The molecule has 1 aliphatic carbocycles. The SMILES string of the molecule is Cc1c(C)c(C)c([C@@H](N)CC2CC2)c(C)c1C. The topological polar surface area (TPSA) is 26.0 Å². The van der Waals surface area contributed by atoms with E-state index in [1.807, 2.05) is 0 Å². The number of rotatable bonds is 3. The van der Waals surface area contributed by atoms with Crippen molar-refractivity contribution in [2.24, 2.45) is 11.7 Å². The van der Waals surface area contributed by atoms with Gasteiger partial charge in [-0.3, -0.25) is 0 Å². The van der Waals surface area contributed by atoms with E-state index in [0.29, 0.717) is 0 Å². The van der Waals surface area contributed by atoms with E-state index in [1.54, 1.807) is 0 Å². The van der Waals surface area contributed by atoms with Crippen LogP contribution in [0.25, 0.3) is 0 Å². The monoisotopic (exact) mass is 231 g/mol. The van der Waals surface area contributed by atoms with Crippen molar-refractivity contribution in [1.29, 1.82) is 0 Å². The van der Waals surface area contributed by atoms with Crippen molar-refractivity contribution in [1.82, 2.24) is 0 Å². The Balaban J connectivity index is 2.44. The summed E-state index contributed by atoms with van der Waals surface area (Å²) in [5, 5.41) is 0. The third-order valence-corrected chi connectivity index (χ3v) is 4.71. The van der Waals surface area contributed by atoms with E-state index in [1.165, 1.54) is 52.6 Å². The van der Waals surface area contributed by atoms with Crippen LogP contribution in [0.4, 0.5) is 0 Å². The van der Waals surface area contributed by atoms with Gasteiger partial charge >= 0.3 is 0 Å². The molecule has 0 aliphatic heterocycles. The molecule has 0 saturated heterocycles. The first kappa shape index (κ1) is 12.6. The molecule has 1 aromatic carbocycles. The highest BCUT2D eigenvalue weighted by Gasteiger charge is 2.26. The van der Waals surface area contributed by atoms with E-state index in [9.17, 15) is 0 Å². The van der Waals surface area contributed by atoms with E-state index in [4.69, 9.17) is 5.73 Å². The van der Waals surface area contributed by atoms with Gasteiger partial charge in [-0.05, 0) is 80.3 Å². The minimum absolute atomic E-state index is 0.237. The second-order valence-corrected chi connectivity index (χ2v) is 5.82. The number of nitrogens with two attached hydrogens (primary N) is 1. The Bertz CT molecular complexity index is 412. The molecule has 0 heterocycles. The molecule has 1 fully saturated rings. The van der Waals surface area contributed by atoms with E-state index < -0.39 is 0 Å². The fourth-order valence-electron chi connectivity index (χ4n) is 2.92. The van der Waals surface area contributed by atoms with E-state index in [0.717, 1.165) is 5.92 Å². The third kappa shape index (κ3) is 2.26. The third-order valence-electron chi connectivity index (χ3n) is 4.71. The maximum absolute atomic E-state index is 6.43. The molecule has 1 heteroatoms. The molecule has 0 bridgehead atoms. The van der Waals surface area contributed by atoms with Crippen LogP contribution in [-0.2, 0) is 0 Å². The van der Waals surface area contributed by atoms with Gasteiger partial charge in [0.25, 0.3) is 0 Å². The molecule has 0 radical (unpaired) electrons. The van der Waals surface area contributed by atoms with E-state index in [-0.39, 0.29) is 6.04 Å². The van der Waals surface area contributed by atoms with Crippen LogP contribution in [0, 0.1) is 40.5 Å². The molecule has 0 aromatic heterocycles. The summed E-state index contributed by atoms with van der Waals surface area (Å²) in [5.74, 6) is 0.894. The predicted molar refractivity (Wildman–Crippen MR) is 74.4 cm³/mol. The Hall–Kier alpha value is -0.820. The van der Waals surface area contributed by atoms with Crippen LogP contribution in [0.2, 0.25) is 0 Å². The van der Waals surface area contributed by atoms with Gasteiger partial charge in [0.15, 0.2) is 0 Å². The summed E-state index contributed by atoms with van der Waals surface area (Å²) in [6.45, 7) is 11.1. The van der Waals surface area contributed by atoms with Crippen LogP contribution in [0.3, 0.4) is 0 Å². The summed E-state index contributed by atoms with van der Waals surface area (Å²) in [4.78, 5) is 0. The first-order chi connectivity index (χ1) is 7.93. The highest BCUT2D eigenvalue weighted by Crippen LogP contribution is 2.39. The fourth-order valence-corrected chi connectivity index (χ4v) is 2.92. The van der Waals surface area contributed by atoms with Gasteiger partial charge in [-0.25, -0.2) is 0 Å². The average Bonchev–Trinajstić information content (AvgIpc) is 3.08. The van der Waals surface area contributed by atoms with Crippen LogP contribution >= 0.6 is 0 Å². The van der Waals surface area contributed by atoms with Crippen molar-refractivity contribution < 1.29 is 0 Å². The Morgan fingerprint density at radius 1 is 0.882 bits per heavy atom. The molecule has 0 unspecified atom stereocenters. The van der Waals surface area contributed by atoms with Gasteiger partial charge in [-0.2, -0.15) is 0 Å². The molecular weight excluding hydrogens is 206 g/mol. The van der Waals surface area contributed by atoms with E-state index >= 15 is 0 Å². The Morgan fingerprint density at radius 3 is 1.71 bits per heavy atom. The highest BCUT2D eigenvalue weighted by molar-refractivity contribution is 5.50. The van der Waals surface area contributed by atoms with E-state index in [2.05, 4.69) is 34.6 Å². The predicted octanol–water partition coefficient (Wildman–Crippen LogP) is 4.03. The summed E-state index contributed by atoms with van der Waals surface area (Å²) >= 11 is 0. The lowest BCUT2D eigenvalue weighted by Crippen LogP contribution is -2.16. The average molecular weight is 231 g/mol. The van der Waals surface area contributed by atoms with Crippen molar-refractivity contribution >= 4 is 0 Å². The second kappa shape index (κ2) is 4.45. The summed E-state index contributed by atoms with van der Waals surface area (Å²) in [6, 6.07) is 0.237. The van der Waals surface area contributed by atoms with Gasteiger partial charge in [0.2, 0.25) is 0 Å². The van der Waals surface area contributed by atoms with Crippen molar-refractivity contribution in [2.45, 2.75) is 59.9 Å². The van der Waals surface area contributed by atoms with Gasteiger partial charge in [0.1, 0.15) is 0 Å². The second-order valence-electron chi connectivity index (χ2n) is 5.82. The van der Waals surface area contributed by atoms with Gasteiger partial charge < -0.3 is 5.73 Å². The normalized spacial score (nSPS) is 17.3. The molecule has 1 saturated carbocycles. The molecule has 0 amide bonds. The Labute approximate surface area is 105 Å². The zero-order valence-corrected chi connectivity index (χ0v) is 11.9. The molecule has 94 valence electrons. The largest absolute Gasteiger partial charge is 0.324 e. The van der Waals surface area contributed by atoms with Crippen molar-refractivity contribution in [3.05, 3.63) is 33.4 Å². The fraction of sp³-hybridized carbons (Fsp3) is 0.625. The van der Waals surface area contributed by atoms with Crippen LogP contribution in [0.5, 0.6) is 0 Å². The zero-order chi connectivity index (χ0) is 12.7. The van der Waals surface area contributed by atoms with Crippen LogP contribution in [0.15, 0.2) is 0 Å². The van der Waals surface area contributed by atoms with Crippen LogP contribution in [-0.4, -0.2) is 0 Å². The Kier molecular flexibility index (Phi) is 3.31. The maximum atomic E-state index is 6.43. The minimum atomic E-state index is 0.237. The molecule has 2 rings (SSSR count). The lowest BCUT2D eigenvalue weighted by Gasteiger charge is -2.23. The van der Waals surface area contributed by atoms with Crippen molar-refractivity contribution in [3.8, 4) is 0 Å². The molecule has 2 N–H and O–H groups in total. The van der Waals surface area contributed by atoms with Crippen LogP contribution in [0.1, 0.15) is 58.7 Å². The first-order valence-electron chi connectivity index (χ1n) is 6.76. The number of hydrogen-bond acceptors (Lipinski definition) is 1. The van der Waals surface area contributed by atoms with Crippen molar-refractivity contribution in [2.75, 3.05) is 0 Å². The molecule has 1 atom stereocenters. The van der Waals surface area contributed by atoms with Gasteiger partial charge in [-0.1, -0.05) is 12.8 Å². The smallest absolute Gasteiger partial charge is 0.0302 e. The molecule has 1 aromatic rings. The molecular formula is C16H25N. The lowest BCUT2D eigenvalue weighted by molar-refractivity contribution is 0.590. The Morgan fingerprint density at radius 2 is 1.29 bits per heavy atom. The quantitative estimate of drug-likeness (QED) is 0.835. The summed E-state index contributed by atoms with van der Waals surface area (Å²) in [5.41, 5.74) is 15.0. The molecule has 0 spiro atoms. The maximum Gasteiger partial charge on any atom is 0.0302 e. The van der Waals surface area contributed by atoms with Gasteiger partial charge in [0, 0.05) is 6.04 Å². The molecule has 1 aliphatic rings. The van der Waals surface area contributed by atoms with Gasteiger partial charge in [0.05, 0.1) is 0 Å². The first-order valence-corrected chi connectivity index (χ1v) is 6.76. The van der Waals surface area contributed by atoms with Crippen LogP contribution < -0.4 is 5.73 Å². The zero-order valence-electron chi connectivity index (χ0n) is 11.9. The van der Waals surface area contributed by atoms with Crippen molar-refractivity contribution in [3.63, 3.8) is 0 Å². The summed E-state index contributed by atoms with van der Waals surface area (Å²) in [6.07, 6.45) is 3.94. The lowest BCUT2D eigenvalue weighted by atomic mass is 9.85. The van der Waals surface area contributed by atoms with Gasteiger partial charge in [-0.15, -0.1) is 0 Å². The minimum Gasteiger partial charge on any atom is -0.324 e. The summed E-state index contributed by atoms with van der Waals surface area (Å²) in [7, 11) is 0. The number of hydrogen-bond donors (Lipinski definition) is 1. The standard InChI is InChI=1S/C16H25N/c1-9-10(2)12(4)16(13(5)11(9)3)15(17)8-14-6-7-14/h14-15H,6-8,17H2,1-5H3/t15-/m0/s1. The summed E-state index contributed by atoms with van der Waals surface area (Å²) < 4.78 is 0. The number of benzene rings is 1. The highest BCUT2D eigenvalue weighted by atomic mass is 14.6.